The molecule has 0 aliphatic carbocycles. The van der Waals surface area contributed by atoms with E-state index in [1.165, 1.54) is 5.56 Å². The van der Waals surface area contributed by atoms with Crippen LogP contribution in [0.15, 0.2) is 24.3 Å². The number of nitrogens with one attached hydrogen (secondary N) is 1. The maximum absolute atomic E-state index is 9.21. The second kappa shape index (κ2) is 5.20. The van der Waals surface area contributed by atoms with E-state index < -0.39 is 0 Å². The molecule has 3 heteroatoms. The quantitative estimate of drug-likeness (QED) is 0.868. The molecule has 3 atom stereocenters. The topological polar surface area (TPSA) is 45.0 Å². The molecule has 1 saturated heterocycles. The lowest BCUT2D eigenvalue weighted by Crippen LogP contribution is -2.32. The first-order valence-corrected chi connectivity index (χ1v) is 6.07. The van der Waals surface area contributed by atoms with Gasteiger partial charge in [-0.05, 0) is 44.4 Å². The third-order valence-corrected chi connectivity index (χ3v) is 3.12. The van der Waals surface area contributed by atoms with E-state index in [-0.39, 0.29) is 18.2 Å². The van der Waals surface area contributed by atoms with Crippen molar-refractivity contribution in [2.24, 2.45) is 0 Å². The second-order valence-electron chi connectivity index (χ2n) is 4.68. The van der Waals surface area contributed by atoms with Crippen LogP contribution in [0.1, 0.15) is 25.3 Å². The molecule has 17 heavy (non-hydrogen) atoms. The SMILES string of the molecule is Cc1cccc(NC(C#N)C2CCC(C)O2)c1. The Bertz CT molecular complexity index is 424. The molecule has 1 N–H and O–H groups in total. The summed E-state index contributed by atoms with van der Waals surface area (Å²) in [6, 6.07) is 10.1. The predicted octanol–water partition coefficient (Wildman–Crippen LogP) is 2.87. The van der Waals surface area contributed by atoms with Crippen molar-refractivity contribution in [1.29, 1.82) is 5.26 Å². The van der Waals surface area contributed by atoms with Gasteiger partial charge in [0.15, 0.2) is 0 Å². The van der Waals surface area contributed by atoms with Crippen molar-refractivity contribution in [3.05, 3.63) is 29.8 Å². The Morgan fingerprint density at radius 3 is 2.88 bits per heavy atom. The molecule has 2 rings (SSSR count). The smallest absolute Gasteiger partial charge is 0.141 e. The molecule has 1 aliphatic rings. The molecule has 0 spiro atoms. The molecule has 90 valence electrons. The van der Waals surface area contributed by atoms with E-state index in [9.17, 15) is 5.26 Å². The van der Waals surface area contributed by atoms with Gasteiger partial charge in [-0.15, -0.1) is 0 Å². The molecule has 1 fully saturated rings. The number of aryl methyl sites for hydroxylation is 1. The highest BCUT2D eigenvalue weighted by Gasteiger charge is 2.29. The summed E-state index contributed by atoms with van der Waals surface area (Å²) in [5, 5.41) is 12.5. The molecule has 1 aliphatic heterocycles. The number of hydrogen-bond acceptors (Lipinski definition) is 3. The summed E-state index contributed by atoms with van der Waals surface area (Å²) in [4.78, 5) is 0. The van der Waals surface area contributed by atoms with E-state index in [1.54, 1.807) is 0 Å². The van der Waals surface area contributed by atoms with Crippen LogP contribution in [-0.4, -0.2) is 18.2 Å². The van der Waals surface area contributed by atoms with Gasteiger partial charge in [0, 0.05) is 5.69 Å². The Kier molecular flexibility index (Phi) is 3.65. The largest absolute Gasteiger partial charge is 0.372 e. The second-order valence-corrected chi connectivity index (χ2v) is 4.68. The first-order valence-electron chi connectivity index (χ1n) is 6.07. The van der Waals surface area contributed by atoms with Crippen LogP contribution in [0, 0.1) is 18.3 Å². The number of ether oxygens (including phenoxy) is 1. The third-order valence-electron chi connectivity index (χ3n) is 3.12. The fourth-order valence-corrected chi connectivity index (χ4v) is 2.20. The van der Waals surface area contributed by atoms with Crippen LogP contribution >= 0.6 is 0 Å². The van der Waals surface area contributed by atoms with Crippen molar-refractivity contribution in [1.82, 2.24) is 0 Å². The Labute approximate surface area is 102 Å². The third kappa shape index (κ3) is 2.98. The fraction of sp³-hybridized carbons (Fsp3) is 0.500. The van der Waals surface area contributed by atoms with Crippen LogP contribution in [0.25, 0.3) is 0 Å². The van der Waals surface area contributed by atoms with Crippen molar-refractivity contribution in [2.75, 3.05) is 5.32 Å². The average Bonchev–Trinajstić information content (AvgIpc) is 2.73. The zero-order valence-electron chi connectivity index (χ0n) is 10.3. The van der Waals surface area contributed by atoms with Gasteiger partial charge in [-0.2, -0.15) is 5.26 Å². The van der Waals surface area contributed by atoms with Crippen molar-refractivity contribution in [2.45, 2.75) is 44.9 Å². The normalized spacial score (nSPS) is 25.2. The summed E-state index contributed by atoms with van der Waals surface area (Å²) in [6.07, 6.45) is 2.28. The van der Waals surface area contributed by atoms with E-state index in [0.29, 0.717) is 0 Å². The van der Waals surface area contributed by atoms with Crippen molar-refractivity contribution < 1.29 is 4.74 Å². The molecule has 0 radical (unpaired) electrons. The Morgan fingerprint density at radius 1 is 1.47 bits per heavy atom. The van der Waals surface area contributed by atoms with Crippen LogP contribution in [0.4, 0.5) is 5.69 Å². The molecule has 0 bridgehead atoms. The summed E-state index contributed by atoms with van der Waals surface area (Å²) in [5.41, 5.74) is 2.17. The fourth-order valence-electron chi connectivity index (χ4n) is 2.20. The molecule has 3 unspecified atom stereocenters. The minimum absolute atomic E-state index is 0.00973. The van der Waals surface area contributed by atoms with Gasteiger partial charge in [-0.25, -0.2) is 0 Å². The number of nitriles is 1. The number of rotatable bonds is 3. The lowest BCUT2D eigenvalue weighted by atomic mass is 10.1. The molecular formula is C14H18N2O. The van der Waals surface area contributed by atoms with E-state index in [1.807, 2.05) is 31.2 Å². The minimum atomic E-state index is -0.262. The number of benzene rings is 1. The molecule has 3 nitrogen and oxygen atoms in total. The lowest BCUT2D eigenvalue weighted by Gasteiger charge is -2.19. The summed E-state index contributed by atoms with van der Waals surface area (Å²) in [5.74, 6) is 0. The highest BCUT2D eigenvalue weighted by atomic mass is 16.5. The van der Waals surface area contributed by atoms with Crippen molar-refractivity contribution in [3.8, 4) is 6.07 Å². The highest BCUT2D eigenvalue weighted by molar-refractivity contribution is 5.47. The van der Waals surface area contributed by atoms with Gasteiger partial charge < -0.3 is 10.1 Å². The van der Waals surface area contributed by atoms with E-state index in [2.05, 4.69) is 18.3 Å². The van der Waals surface area contributed by atoms with Crippen LogP contribution in [0.5, 0.6) is 0 Å². The van der Waals surface area contributed by atoms with Gasteiger partial charge in [0.1, 0.15) is 6.04 Å². The number of hydrogen-bond donors (Lipinski definition) is 1. The monoisotopic (exact) mass is 230 g/mol. The summed E-state index contributed by atoms with van der Waals surface area (Å²) in [6.45, 7) is 4.10. The summed E-state index contributed by atoms with van der Waals surface area (Å²) in [7, 11) is 0. The van der Waals surface area contributed by atoms with Crippen molar-refractivity contribution in [3.63, 3.8) is 0 Å². The predicted molar refractivity (Wildman–Crippen MR) is 67.8 cm³/mol. The van der Waals surface area contributed by atoms with Crippen LogP contribution in [0.2, 0.25) is 0 Å². The van der Waals surface area contributed by atoms with E-state index in [4.69, 9.17) is 4.74 Å². The first-order chi connectivity index (χ1) is 8.19. The van der Waals surface area contributed by atoms with E-state index >= 15 is 0 Å². The molecule has 1 heterocycles. The number of nitrogens with zero attached hydrogens (tertiary/aromatic N) is 1. The maximum Gasteiger partial charge on any atom is 0.141 e. The maximum atomic E-state index is 9.21. The van der Waals surface area contributed by atoms with Crippen LogP contribution < -0.4 is 5.32 Å². The molecule has 0 saturated carbocycles. The minimum Gasteiger partial charge on any atom is -0.372 e. The van der Waals surface area contributed by atoms with Gasteiger partial charge in [-0.1, -0.05) is 12.1 Å². The Hall–Kier alpha value is -1.53. The van der Waals surface area contributed by atoms with Crippen molar-refractivity contribution >= 4 is 5.69 Å². The standard InChI is InChI=1S/C14H18N2O/c1-10-4-3-5-12(8-10)16-13(9-15)14-7-6-11(2)17-14/h3-5,8,11,13-14,16H,6-7H2,1-2H3. The first kappa shape index (κ1) is 11.9. The van der Waals surface area contributed by atoms with Gasteiger partial charge in [0.05, 0.1) is 18.3 Å². The van der Waals surface area contributed by atoms with Gasteiger partial charge in [0.25, 0.3) is 0 Å². The van der Waals surface area contributed by atoms with Gasteiger partial charge in [0.2, 0.25) is 0 Å². The Morgan fingerprint density at radius 2 is 2.29 bits per heavy atom. The number of anilines is 1. The van der Waals surface area contributed by atoms with Crippen LogP contribution in [-0.2, 0) is 4.74 Å². The van der Waals surface area contributed by atoms with E-state index in [0.717, 1.165) is 18.5 Å². The van der Waals surface area contributed by atoms with Gasteiger partial charge >= 0.3 is 0 Å². The highest BCUT2D eigenvalue weighted by Crippen LogP contribution is 2.23. The lowest BCUT2D eigenvalue weighted by molar-refractivity contribution is 0.0534. The summed E-state index contributed by atoms with van der Waals surface area (Å²) < 4.78 is 5.73. The molecule has 1 aromatic rings. The molecule has 1 aromatic carbocycles. The summed E-state index contributed by atoms with van der Waals surface area (Å²) >= 11 is 0. The van der Waals surface area contributed by atoms with Crippen LogP contribution in [0.3, 0.4) is 0 Å². The zero-order valence-corrected chi connectivity index (χ0v) is 10.3. The zero-order chi connectivity index (χ0) is 12.3. The average molecular weight is 230 g/mol. The molecule has 0 amide bonds. The van der Waals surface area contributed by atoms with Gasteiger partial charge in [-0.3, -0.25) is 0 Å². The molecule has 0 aromatic heterocycles. The molecular weight excluding hydrogens is 212 g/mol. The Balaban J connectivity index is 2.03.